The number of rotatable bonds is 2. The van der Waals surface area contributed by atoms with Crippen LogP contribution in [0.5, 0.6) is 0 Å². The molecule has 2 N–H and O–H groups in total. The Morgan fingerprint density at radius 3 is 2.88 bits per heavy atom. The Balaban J connectivity index is 2.37. The summed E-state index contributed by atoms with van der Waals surface area (Å²) >= 11 is 1.37. The van der Waals surface area contributed by atoms with E-state index < -0.39 is 11.9 Å². The zero-order valence-electron chi connectivity index (χ0n) is 8.78. The second kappa shape index (κ2) is 4.34. The number of ether oxygens (including phenoxy) is 1. The van der Waals surface area contributed by atoms with Gasteiger partial charge in [-0.2, -0.15) is 21.0 Å². The largest absolute Gasteiger partial charge is 0.463 e. The molecule has 2 rings (SSSR count). The topological polar surface area (TPSA) is 100 Å². The molecule has 0 aliphatic heterocycles. The molecule has 0 bridgehead atoms. The highest BCUT2D eigenvalue weighted by molar-refractivity contribution is 7.08. The first-order chi connectivity index (χ1) is 8.13. The van der Waals surface area contributed by atoms with Gasteiger partial charge in [-0.25, -0.2) is 4.79 Å². The van der Waals surface area contributed by atoms with Crippen LogP contribution in [0.25, 0.3) is 0 Å². The molecule has 7 nitrogen and oxygen atoms in total. The molecule has 0 radical (unpaired) electrons. The zero-order chi connectivity index (χ0) is 12.4. The SMILES string of the molecule is COC(=O)c1nc(N)n(C(=O)c2ccsc2)n1. The number of carbonyl (C=O) groups is 2. The lowest BCUT2D eigenvalue weighted by Crippen LogP contribution is -2.16. The van der Waals surface area contributed by atoms with Crippen LogP contribution < -0.4 is 5.73 Å². The summed E-state index contributed by atoms with van der Waals surface area (Å²) < 4.78 is 5.30. The van der Waals surface area contributed by atoms with Gasteiger partial charge in [0, 0.05) is 5.38 Å². The molecule has 2 aromatic heterocycles. The van der Waals surface area contributed by atoms with Crippen molar-refractivity contribution in [2.45, 2.75) is 0 Å². The number of nitrogen functional groups attached to an aromatic ring is 1. The second-order valence-electron chi connectivity index (χ2n) is 3.01. The molecular weight excluding hydrogens is 244 g/mol. The van der Waals surface area contributed by atoms with Gasteiger partial charge in [-0.05, 0) is 11.4 Å². The van der Waals surface area contributed by atoms with Crippen molar-refractivity contribution in [3.63, 3.8) is 0 Å². The third-order valence-corrected chi connectivity index (χ3v) is 2.64. The predicted octanol–water partition coefficient (Wildman–Crippen LogP) is 0.397. The Hall–Kier alpha value is -2.22. The van der Waals surface area contributed by atoms with Gasteiger partial charge >= 0.3 is 5.97 Å². The highest BCUT2D eigenvalue weighted by Crippen LogP contribution is 2.10. The van der Waals surface area contributed by atoms with Crippen LogP contribution in [-0.4, -0.2) is 33.8 Å². The molecule has 2 aromatic rings. The molecule has 0 spiro atoms. The van der Waals surface area contributed by atoms with Crippen molar-refractivity contribution in [3.05, 3.63) is 28.2 Å². The Morgan fingerprint density at radius 1 is 1.53 bits per heavy atom. The van der Waals surface area contributed by atoms with Gasteiger partial charge in [0.1, 0.15) is 0 Å². The fraction of sp³-hybridized carbons (Fsp3) is 0.111. The quantitative estimate of drug-likeness (QED) is 0.776. The number of nitrogens with two attached hydrogens (primary N) is 1. The van der Waals surface area contributed by atoms with E-state index in [0.29, 0.717) is 5.56 Å². The first-order valence-electron chi connectivity index (χ1n) is 4.51. The van der Waals surface area contributed by atoms with E-state index in [1.807, 2.05) is 0 Å². The molecule has 8 heteroatoms. The lowest BCUT2D eigenvalue weighted by Gasteiger charge is -1.97. The van der Waals surface area contributed by atoms with Crippen LogP contribution in [0.4, 0.5) is 5.95 Å². The molecule has 0 saturated carbocycles. The Labute approximate surface area is 99.8 Å². The molecule has 0 amide bonds. The van der Waals surface area contributed by atoms with E-state index in [9.17, 15) is 9.59 Å². The molecule has 17 heavy (non-hydrogen) atoms. The van der Waals surface area contributed by atoms with Crippen molar-refractivity contribution < 1.29 is 14.3 Å². The number of thiophene rings is 1. The third-order valence-electron chi connectivity index (χ3n) is 1.96. The van der Waals surface area contributed by atoms with Crippen molar-refractivity contribution in [3.8, 4) is 0 Å². The molecule has 0 atom stereocenters. The number of aromatic nitrogens is 3. The molecular formula is C9H8N4O3S. The Morgan fingerprint density at radius 2 is 2.29 bits per heavy atom. The van der Waals surface area contributed by atoms with E-state index in [1.165, 1.54) is 18.4 Å². The maximum atomic E-state index is 11.9. The van der Waals surface area contributed by atoms with E-state index in [1.54, 1.807) is 16.8 Å². The minimum atomic E-state index is -0.742. The first-order valence-corrected chi connectivity index (χ1v) is 5.45. The van der Waals surface area contributed by atoms with Crippen LogP contribution in [0.2, 0.25) is 0 Å². The maximum Gasteiger partial charge on any atom is 0.378 e. The van der Waals surface area contributed by atoms with Crippen LogP contribution in [-0.2, 0) is 4.74 Å². The number of hydrogen-bond donors (Lipinski definition) is 1. The van der Waals surface area contributed by atoms with Crippen molar-refractivity contribution in [2.75, 3.05) is 12.8 Å². The van der Waals surface area contributed by atoms with Crippen LogP contribution in [0.1, 0.15) is 21.0 Å². The summed E-state index contributed by atoms with van der Waals surface area (Å²) in [4.78, 5) is 26.7. The standard InChI is InChI=1S/C9H8N4O3S/c1-16-8(15)6-11-9(10)13(12-6)7(14)5-2-3-17-4-5/h2-4H,1H3,(H2,10,11,12). The highest BCUT2D eigenvalue weighted by Gasteiger charge is 2.20. The second-order valence-corrected chi connectivity index (χ2v) is 3.79. The summed E-state index contributed by atoms with van der Waals surface area (Å²) in [5.74, 6) is -1.57. The number of hydrogen-bond acceptors (Lipinski definition) is 7. The van der Waals surface area contributed by atoms with Crippen molar-refractivity contribution in [2.24, 2.45) is 0 Å². The molecule has 0 unspecified atom stereocenters. The molecule has 2 heterocycles. The van der Waals surface area contributed by atoms with Crippen molar-refractivity contribution >= 4 is 29.2 Å². The summed E-state index contributed by atoms with van der Waals surface area (Å²) in [5.41, 5.74) is 5.94. The summed E-state index contributed by atoms with van der Waals surface area (Å²) in [6.45, 7) is 0. The average Bonchev–Trinajstić information content (AvgIpc) is 2.96. The minimum Gasteiger partial charge on any atom is -0.463 e. The smallest absolute Gasteiger partial charge is 0.378 e. The van der Waals surface area contributed by atoms with Gasteiger partial charge in [-0.3, -0.25) is 4.79 Å². The van der Waals surface area contributed by atoms with Gasteiger partial charge in [-0.1, -0.05) is 0 Å². The molecule has 0 fully saturated rings. The normalized spacial score (nSPS) is 10.2. The minimum absolute atomic E-state index is 0.151. The predicted molar refractivity (Wildman–Crippen MR) is 59.8 cm³/mol. The summed E-state index contributed by atoms with van der Waals surface area (Å²) in [6.07, 6.45) is 0. The fourth-order valence-corrected chi connectivity index (χ4v) is 1.79. The molecule has 0 aliphatic rings. The zero-order valence-corrected chi connectivity index (χ0v) is 9.60. The monoisotopic (exact) mass is 252 g/mol. The number of nitrogens with zero attached hydrogens (tertiary/aromatic N) is 3. The summed E-state index contributed by atoms with van der Waals surface area (Å²) in [6, 6.07) is 1.63. The first kappa shape index (κ1) is 11.3. The maximum absolute atomic E-state index is 11.9. The molecule has 0 saturated heterocycles. The van der Waals surface area contributed by atoms with Gasteiger partial charge in [0.05, 0.1) is 12.7 Å². The number of carbonyl (C=O) groups excluding carboxylic acids is 2. The van der Waals surface area contributed by atoms with Crippen LogP contribution in [0.15, 0.2) is 16.8 Å². The van der Waals surface area contributed by atoms with Gasteiger partial charge in [0.2, 0.25) is 5.95 Å². The third kappa shape index (κ3) is 2.02. The number of esters is 1. The van der Waals surface area contributed by atoms with Crippen LogP contribution in [0.3, 0.4) is 0 Å². The van der Waals surface area contributed by atoms with Gasteiger partial charge < -0.3 is 10.5 Å². The molecule has 0 aromatic carbocycles. The van der Waals surface area contributed by atoms with Gasteiger partial charge in [0.25, 0.3) is 11.7 Å². The summed E-state index contributed by atoms with van der Waals surface area (Å²) in [5, 5.41) is 7.10. The Kier molecular flexibility index (Phi) is 2.88. The van der Waals surface area contributed by atoms with E-state index in [4.69, 9.17) is 5.73 Å². The lowest BCUT2D eigenvalue weighted by atomic mass is 10.3. The van der Waals surface area contributed by atoms with E-state index in [0.717, 1.165) is 4.68 Å². The average molecular weight is 252 g/mol. The number of anilines is 1. The highest BCUT2D eigenvalue weighted by atomic mass is 32.1. The van der Waals surface area contributed by atoms with Crippen molar-refractivity contribution in [1.82, 2.24) is 14.8 Å². The van der Waals surface area contributed by atoms with E-state index in [2.05, 4.69) is 14.8 Å². The van der Waals surface area contributed by atoms with Crippen LogP contribution >= 0.6 is 11.3 Å². The molecule has 88 valence electrons. The summed E-state index contributed by atoms with van der Waals surface area (Å²) in [7, 11) is 1.19. The van der Waals surface area contributed by atoms with E-state index >= 15 is 0 Å². The lowest BCUT2D eigenvalue weighted by molar-refractivity contribution is 0.0587. The van der Waals surface area contributed by atoms with Crippen molar-refractivity contribution in [1.29, 1.82) is 0 Å². The van der Waals surface area contributed by atoms with Crippen LogP contribution in [0, 0.1) is 0 Å². The Bertz CT molecular complexity index is 561. The van der Waals surface area contributed by atoms with Gasteiger partial charge in [0.15, 0.2) is 0 Å². The number of methoxy groups -OCH3 is 1. The molecule has 0 aliphatic carbocycles. The van der Waals surface area contributed by atoms with Gasteiger partial charge in [-0.15, -0.1) is 5.10 Å². The van der Waals surface area contributed by atoms with E-state index in [-0.39, 0.29) is 11.8 Å². The fourth-order valence-electron chi connectivity index (χ4n) is 1.16.